The van der Waals surface area contributed by atoms with Crippen molar-refractivity contribution in [2.45, 2.75) is 34.2 Å². The van der Waals surface area contributed by atoms with Gasteiger partial charge < -0.3 is 4.57 Å². The first kappa shape index (κ1) is 14.3. The maximum absolute atomic E-state index is 12.0. The highest BCUT2D eigenvalue weighted by Gasteiger charge is 2.07. The van der Waals surface area contributed by atoms with Crippen LogP contribution in [0.5, 0.6) is 0 Å². The first-order chi connectivity index (χ1) is 8.88. The van der Waals surface area contributed by atoms with E-state index >= 15 is 0 Å². The summed E-state index contributed by atoms with van der Waals surface area (Å²) in [5.74, 6) is 0. The zero-order valence-corrected chi connectivity index (χ0v) is 13.9. The second kappa shape index (κ2) is 5.49. The molecule has 0 amide bonds. The molecule has 0 radical (unpaired) electrons. The summed E-state index contributed by atoms with van der Waals surface area (Å²) < 4.78 is 2.92. The van der Waals surface area contributed by atoms with E-state index in [0.29, 0.717) is 6.54 Å². The fourth-order valence-electron chi connectivity index (χ4n) is 2.39. The van der Waals surface area contributed by atoms with E-state index in [1.54, 1.807) is 10.6 Å². The number of aryl methyl sites for hydroxylation is 4. The van der Waals surface area contributed by atoms with Crippen molar-refractivity contribution >= 4 is 22.6 Å². The van der Waals surface area contributed by atoms with Crippen LogP contribution in [0.15, 0.2) is 29.2 Å². The summed E-state index contributed by atoms with van der Waals surface area (Å²) in [6, 6.07) is 6.06. The predicted octanol–water partition coefficient (Wildman–Crippen LogP) is 3.73. The predicted molar refractivity (Wildman–Crippen MR) is 87.9 cm³/mol. The number of nitrogens with zero attached hydrogens (tertiary/aromatic N) is 1. The largest absolute Gasteiger partial charge is 0.310 e. The van der Waals surface area contributed by atoms with Gasteiger partial charge in [0.1, 0.15) is 0 Å². The van der Waals surface area contributed by atoms with Gasteiger partial charge >= 0.3 is 0 Å². The fourth-order valence-corrected chi connectivity index (χ4v) is 2.88. The van der Waals surface area contributed by atoms with Crippen molar-refractivity contribution in [1.82, 2.24) is 4.57 Å². The Morgan fingerprint density at radius 3 is 2.16 bits per heavy atom. The molecule has 0 unspecified atom stereocenters. The second-order valence-electron chi connectivity index (χ2n) is 5.15. The van der Waals surface area contributed by atoms with Crippen LogP contribution in [0.2, 0.25) is 0 Å². The quantitative estimate of drug-likeness (QED) is 0.742. The summed E-state index contributed by atoms with van der Waals surface area (Å²) in [6.45, 7) is 8.94. The van der Waals surface area contributed by atoms with Crippen LogP contribution in [0.1, 0.15) is 27.8 Å². The summed E-state index contributed by atoms with van der Waals surface area (Å²) in [6.07, 6.45) is 1.94. The molecule has 3 heteroatoms. The van der Waals surface area contributed by atoms with Gasteiger partial charge in [0.05, 0.1) is 6.54 Å². The Bertz CT molecular complexity index is 663. The first-order valence-corrected chi connectivity index (χ1v) is 7.39. The Morgan fingerprint density at radius 2 is 1.58 bits per heavy atom. The van der Waals surface area contributed by atoms with Gasteiger partial charge in [-0.15, -0.1) is 0 Å². The van der Waals surface area contributed by atoms with Gasteiger partial charge in [-0.25, -0.2) is 0 Å². The van der Waals surface area contributed by atoms with Crippen molar-refractivity contribution < 1.29 is 0 Å². The smallest absolute Gasteiger partial charge is 0.251 e. The summed E-state index contributed by atoms with van der Waals surface area (Å²) >= 11 is 2.27. The Morgan fingerprint density at radius 1 is 1.00 bits per heavy atom. The highest BCUT2D eigenvalue weighted by Crippen LogP contribution is 2.17. The molecule has 0 aliphatic heterocycles. The average molecular weight is 367 g/mol. The molecule has 1 aromatic heterocycles. The lowest BCUT2D eigenvalue weighted by atomic mass is 10.00. The Labute approximate surface area is 127 Å². The van der Waals surface area contributed by atoms with Crippen molar-refractivity contribution in [3.8, 4) is 0 Å². The van der Waals surface area contributed by atoms with Crippen LogP contribution >= 0.6 is 22.6 Å². The Hall–Kier alpha value is -1.10. The average Bonchev–Trinajstić information content (AvgIpc) is 2.29. The van der Waals surface area contributed by atoms with Crippen molar-refractivity contribution in [3.05, 3.63) is 66.1 Å². The molecule has 0 bridgehead atoms. The highest BCUT2D eigenvalue weighted by atomic mass is 127. The molecule has 1 heterocycles. The van der Waals surface area contributed by atoms with E-state index in [1.807, 2.05) is 13.1 Å². The zero-order chi connectivity index (χ0) is 14.2. The minimum absolute atomic E-state index is 0.0669. The number of hydrogen-bond donors (Lipinski definition) is 0. The van der Waals surface area contributed by atoms with E-state index in [2.05, 4.69) is 55.5 Å². The normalized spacial score (nSPS) is 10.8. The summed E-state index contributed by atoms with van der Waals surface area (Å²) in [4.78, 5) is 12.0. The number of halogens is 1. The SMILES string of the molecule is Cc1cc(C)c(Cn2cc(I)c(C)cc2=O)c(C)c1. The molecule has 100 valence electrons. The van der Waals surface area contributed by atoms with Gasteiger partial charge in [0.25, 0.3) is 5.56 Å². The van der Waals surface area contributed by atoms with Gasteiger partial charge in [-0.2, -0.15) is 0 Å². The lowest BCUT2D eigenvalue weighted by Crippen LogP contribution is -2.21. The summed E-state index contributed by atoms with van der Waals surface area (Å²) in [5, 5.41) is 0. The lowest BCUT2D eigenvalue weighted by Gasteiger charge is -2.14. The van der Waals surface area contributed by atoms with Crippen LogP contribution in [-0.4, -0.2) is 4.57 Å². The molecule has 2 aromatic rings. The minimum Gasteiger partial charge on any atom is -0.310 e. The molecule has 19 heavy (non-hydrogen) atoms. The molecule has 0 aliphatic carbocycles. The van der Waals surface area contributed by atoms with Crippen LogP contribution in [0.3, 0.4) is 0 Å². The number of rotatable bonds is 2. The third-order valence-electron chi connectivity index (χ3n) is 3.44. The van der Waals surface area contributed by atoms with Crippen LogP contribution in [0, 0.1) is 31.3 Å². The highest BCUT2D eigenvalue weighted by molar-refractivity contribution is 14.1. The van der Waals surface area contributed by atoms with Gasteiger partial charge in [0, 0.05) is 15.8 Å². The standard InChI is InChI=1S/C16H18INO/c1-10-5-11(2)14(12(3)6-10)8-18-9-15(17)13(4)7-16(18)19/h5-7,9H,8H2,1-4H3. The molecular formula is C16H18INO. The molecule has 0 saturated heterocycles. The number of pyridine rings is 1. The topological polar surface area (TPSA) is 22.0 Å². The second-order valence-corrected chi connectivity index (χ2v) is 6.31. The fraction of sp³-hybridized carbons (Fsp3) is 0.312. The van der Waals surface area contributed by atoms with Crippen LogP contribution < -0.4 is 5.56 Å². The molecule has 0 N–H and O–H groups in total. The molecule has 2 rings (SSSR count). The number of aromatic nitrogens is 1. The monoisotopic (exact) mass is 367 g/mol. The van der Waals surface area contributed by atoms with Gasteiger partial charge in [0.2, 0.25) is 0 Å². The molecule has 0 aliphatic rings. The Balaban J connectivity index is 2.48. The van der Waals surface area contributed by atoms with E-state index in [4.69, 9.17) is 0 Å². The van der Waals surface area contributed by atoms with Crippen LogP contribution in [-0.2, 0) is 6.54 Å². The van der Waals surface area contributed by atoms with E-state index in [-0.39, 0.29) is 5.56 Å². The first-order valence-electron chi connectivity index (χ1n) is 6.32. The molecular weight excluding hydrogens is 349 g/mol. The zero-order valence-electron chi connectivity index (χ0n) is 11.7. The minimum atomic E-state index is 0.0669. The maximum Gasteiger partial charge on any atom is 0.251 e. The van der Waals surface area contributed by atoms with Crippen molar-refractivity contribution in [2.24, 2.45) is 0 Å². The van der Waals surface area contributed by atoms with Gasteiger partial charge in [-0.05, 0) is 72.5 Å². The van der Waals surface area contributed by atoms with Crippen molar-refractivity contribution in [2.75, 3.05) is 0 Å². The lowest BCUT2D eigenvalue weighted by molar-refractivity contribution is 0.744. The van der Waals surface area contributed by atoms with Gasteiger partial charge in [-0.3, -0.25) is 4.79 Å². The molecule has 0 spiro atoms. The van der Waals surface area contributed by atoms with E-state index in [0.717, 1.165) is 9.13 Å². The van der Waals surface area contributed by atoms with Crippen molar-refractivity contribution in [1.29, 1.82) is 0 Å². The summed E-state index contributed by atoms with van der Waals surface area (Å²) in [5.41, 5.74) is 6.12. The summed E-state index contributed by atoms with van der Waals surface area (Å²) in [7, 11) is 0. The van der Waals surface area contributed by atoms with E-state index in [9.17, 15) is 4.79 Å². The molecule has 0 fully saturated rings. The number of hydrogen-bond acceptors (Lipinski definition) is 1. The van der Waals surface area contributed by atoms with Crippen LogP contribution in [0.25, 0.3) is 0 Å². The van der Waals surface area contributed by atoms with Gasteiger partial charge in [-0.1, -0.05) is 17.7 Å². The maximum atomic E-state index is 12.0. The number of benzene rings is 1. The molecule has 0 atom stereocenters. The third kappa shape index (κ3) is 3.08. The third-order valence-corrected chi connectivity index (χ3v) is 4.57. The van der Waals surface area contributed by atoms with E-state index < -0.39 is 0 Å². The van der Waals surface area contributed by atoms with Gasteiger partial charge in [0.15, 0.2) is 0 Å². The van der Waals surface area contributed by atoms with Crippen LogP contribution in [0.4, 0.5) is 0 Å². The molecule has 0 saturated carbocycles. The van der Waals surface area contributed by atoms with Crippen molar-refractivity contribution in [3.63, 3.8) is 0 Å². The Kier molecular flexibility index (Phi) is 4.13. The van der Waals surface area contributed by atoms with E-state index in [1.165, 1.54) is 22.3 Å². The molecule has 1 aromatic carbocycles. The molecule has 2 nitrogen and oxygen atoms in total.